The lowest BCUT2D eigenvalue weighted by Gasteiger charge is -2.25. The number of rotatable bonds is 4. The number of fused-ring (bicyclic) bond motifs is 1. The Bertz CT molecular complexity index is 499. The molecule has 5 nitrogen and oxygen atoms in total. The maximum atomic E-state index is 6.10. The Balaban J connectivity index is 1.47. The summed E-state index contributed by atoms with van der Waals surface area (Å²) in [6, 6.07) is 10.1. The summed E-state index contributed by atoms with van der Waals surface area (Å²) in [6.45, 7) is 5.04. The van der Waals surface area contributed by atoms with E-state index in [0.717, 1.165) is 12.2 Å². The lowest BCUT2D eigenvalue weighted by atomic mass is 10.1. The molecule has 3 heterocycles. The number of ether oxygens (including phenoxy) is 5. The highest BCUT2D eigenvalue weighted by Crippen LogP contribution is 2.42. The predicted molar refractivity (Wildman–Crippen MR) is 73.5 cm³/mol. The van der Waals surface area contributed by atoms with Crippen molar-refractivity contribution in [3.05, 3.63) is 35.9 Å². The highest BCUT2D eigenvalue weighted by Gasteiger charge is 2.59. The highest BCUT2D eigenvalue weighted by atomic mass is 16.8. The van der Waals surface area contributed by atoms with Crippen LogP contribution in [0.3, 0.4) is 0 Å². The Kier molecular flexibility index (Phi) is 3.28. The van der Waals surface area contributed by atoms with Gasteiger partial charge in [-0.25, -0.2) is 0 Å². The molecule has 0 aromatic heterocycles. The Morgan fingerprint density at radius 1 is 1.14 bits per heavy atom. The van der Waals surface area contributed by atoms with E-state index < -0.39 is 5.79 Å². The van der Waals surface area contributed by atoms with Gasteiger partial charge in [0.05, 0.1) is 13.2 Å². The third-order valence-electron chi connectivity index (χ3n) is 4.04. The van der Waals surface area contributed by atoms with Crippen molar-refractivity contribution in [2.45, 2.75) is 56.9 Å². The largest absolute Gasteiger partial charge is 0.370 e. The molecule has 114 valence electrons. The molecule has 0 saturated carbocycles. The van der Waals surface area contributed by atoms with Crippen molar-refractivity contribution < 1.29 is 23.7 Å². The second-order valence-electron chi connectivity index (χ2n) is 6.20. The van der Waals surface area contributed by atoms with Crippen molar-refractivity contribution in [3.63, 3.8) is 0 Å². The average Bonchev–Trinajstić information content (AvgIpc) is 3.18. The molecule has 1 aromatic rings. The van der Waals surface area contributed by atoms with Crippen molar-refractivity contribution >= 4 is 0 Å². The van der Waals surface area contributed by atoms with E-state index in [1.54, 1.807) is 0 Å². The number of hydrogen-bond acceptors (Lipinski definition) is 5. The fraction of sp³-hybridized carbons (Fsp3) is 0.625. The summed E-state index contributed by atoms with van der Waals surface area (Å²) in [5.74, 6) is -0.626. The maximum Gasteiger partial charge on any atom is 0.190 e. The summed E-state index contributed by atoms with van der Waals surface area (Å²) >= 11 is 0. The van der Waals surface area contributed by atoms with Crippen LogP contribution in [0.1, 0.15) is 19.4 Å². The van der Waals surface area contributed by atoms with Crippen LogP contribution >= 0.6 is 0 Å². The minimum Gasteiger partial charge on any atom is -0.370 e. The van der Waals surface area contributed by atoms with Gasteiger partial charge < -0.3 is 23.7 Å². The summed E-state index contributed by atoms with van der Waals surface area (Å²) in [7, 11) is 0. The standard InChI is InChI=1S/C16H20O5/c1-16(2)20-14-13(18-8-10-6-4-3-5-7-10)12(11-9-17-11)19-15(14)21-16/h3-7,11-15H,8-9H2,1-2H3/t11-,12+,13+,14+,15+/m0/s1. The molecule has 0 amide bonds. The Labute approximate surface area is 124 Å². The van der Waals surface area contributed by atoms with E-state index in [2.05, 4.69) is 0 Å². The van der Waals surface area contributed by atoms with Gasteiger partial charge in [0.15, 0.2) is 12.1 Å². The third kappa shape index (κ3) is 2.72. The lowest BCUT2D eigenvalue weighted by Crippen LogP contribution is -2.39. The molecule has 0 bridgehead atoms. The summed E-state index contributed by atoms with van der Waals surface area (Å²) in [6.07, 6.45) is -0.733. The first-order valence-corrected chi connectivity index (χ1v) is 7.41. The molecule has 3 aliphatic heterocycles. The molecule has 21 heavy (non-hydrogen) atoms. The Hall–Kier alpha value is -0.980. The fourth-order valence-electron chi connectivity index (χ4n) is 3.01. The van der Waals surface area contributed by atoms with Crippen LogP contribution in [0.25, 0.3) is 0 Å². The normalized spacial score (nSPS) is 40.2. The monoisotopic (exact) mass is 292 g/mol. The first-order valence-electron chi connectivity index (χ1n) is 7.41. The van der Waals surface area contributed by atoms with E-state index >= 15 is 0 Å². The zero-order chi connectivity index (χ0) is 14.4. The SMILES string of the molecule is CC1(C)O[C@H]2O[C@H]([C@@H]3CO3)[C@@H](OCc3ccccc3)[C@H]2O1. The third-order valence-corrected chi connectivity index (χ3v) is 4.04. The van der Waals surface area contributed by atoms with Crippen molar-refractivity contribution in [2.24, 2.45) is 0 Å². The van der Waals surface area contributed by atoms with Gasteiger partial charge in [0, 0.05) is 0 Å². The summed E-state index contributed by atoms with van der Waals surface area (Å²) in [5, 5.41) is 0. The molecular weight excluding hydrogens is 272 g/mol. The minimum atomic E-state index is -0.626. The zero-order valence-corrected chi connectivity index (χ0v) is 12.2. The molecule has 0 radical (unpaired) electrons. The van der Waals surface area contributed by atoms with E-state index in [0.29, 0.717) is 6.61 Å². The molecule has 0 N–H and O–H groups in total. The summed E-state index contributed by atoms with van der Waals surface area (Å²) < 4.78 is 29.2. The molecule has 0 unspecified atom stereocenters. The molecular formula is C16H20O5. The Morgan fingerprint density at radius 3 is 2.62 bits per heavy atom. The van der Waals surface area contributed by atoms with Crippen LogP contribution in [0, 0.1) is 0 Å². The van der Waals surface area contributed by atoms with Gasteiger partial charge in [-0.15, -0.1) is 0 Å². The van der Waals surface area contributed by atoms with Gasteiger partial charge >= 0.3 is 0 Å². The van der Waals surface area contributed by atoms with Gasteiger partial charge in [-0.2, -0.15) is 0 Å². The number of epoxide rings is 1. The van der Waals surface area contributed by atoms with Crippen molar-refractivity contribution in [3.8, 4) is 0 Å². The molecule has 0 spiro atoms. The smallest absolute Gasteiger partial charge is 0.190 e. The number of hydrogen-bond donors (Lipinski definition) is 0. The van der Waals surface area contributed by atoms with Gasteiger partial charge in [0.1, 0.15) is 24.4 Å². The van der Waals surface area contributed by atoms with Crippen LogP contribution < -0.4 is 0 Å². The molecule has 1 aromatic carbocycles. The fourth-order valence-corrected chi connectivity index (χ4v) is 3.01. The molecule has 5 atom stereocenters. The molecule has 0 aliphatic carbocycles. The van der Waals surface area contributed by atoms with Gasteiger partial charge in [-0.05, 0) is 19.4 Å². The maximum absolute atomic E-state index is 6.10. The van der Waals surface area contributed by atoms with E-state index in [-0.39, 0.29) is 30.7 Å². The van der Waals surface area contributed by atoms with Crippen molar-refractivity contribution in [2.75, 3.05) is 6.61 Å². The van der Waals surface area contributed by atoms with Gasteiger partial charge in [0.2, 0.25) is 0 Å². The quantitative estimate of drug-likeness (QED) is 0.793. The van der Waals surface area contributed by atoms with E-state index in [1.807, 2.05) is 44.2 Å². The minimum absolute atomic E-state index is 0.103. The first kappa shape index (κ1) is 13.7. The average molecular weight is 292 g/mol. The zero-order valence-electron chi connectivity index (χ0n) is 12.2. The van der Waals surface area contributed by atoms with Crippen LogP contribution in [0.2, 0.25) is 0 Å². The first-order chi connectivity index (χ1) is 10.1. The molecule has 3 aliphatic rings. The van der Waals surface area contributed by atoms with Crippen molar-refractivity contribution in [1.29, 1.82) is 0 Å². The van der Waals surface area contributed by atoms with Crippen LogP contribution in [0.5, 0.6) is 0 Å². The molecule has 4 rings (SSSR count). The van der Waals surface area contributed by atoms with Gasteiger partial charge in [0.25, 0.3) is 0 Å². The van der Waals surface area contributed by atoms with Crippen LogP contribution in [0.15, 0.2) is 30.3 Å². The Morgan fingerprint density at radius 2 is 1.90 bits per heavy atom. The van der Waals surface area contributed by atoms with Crippen LogP contribution in [0.4, 0.5) is 0 Å². The van der Waals surface area contributed by atoms with Gasteiger partial charge in [-0.1, -0.05) is 30.3 Å². The van der Waals surface area contributed by atoms with Gasteiger partial charge in [-0.3, -0.25) is 0 Å². The van der Waals surface area contributed by atoms with Crippen LogP contribution in [-0.2, 0) is 30.3 Å². The molecule has 3 saturated heterocycles. The van der Waals surface area contributed by atoms with Crippen molar-refractivity contribution in [1.82, 2.24) is 0 Å². The summed E-state index contributed by atoms with van der Waals surface area (Å²) in [5.41, 5.74) is 1.13. The second-order valence-corrected chi connectivity index (χ2v) is 6.20. The highest BCUT2D eigenvalue weighted by molar-refractivity contribution is 5.13. The topological polar surface area (TPSA) is 49.5 Å². The van der Waals surface area contributed by atoms with Crippen LogP contribution in [-0.4, -0.2) is 43.1 Å². The predicted octanol–water partition coefficient (Wildman–Crippen LogP) is 1.85. The lowest BCUT2D eigenvalue weighted by molar-refractivity contribution is -0.221. The molecule has 3 fully saturated rings. The van der Waals surface area contributed by atoms with E-state index in [4.69, 9.17) is 23.7 Å². The number of benzene rings is 1. The van der Waals surface area contributed by atoms with E-state index in [9.17, 15) is 0 Å². The molecule has 5 heteroatoms. The summed E-state index contributed by atoms with van der Waals surface area (Å²) in [4.78, 5) is 0. The van der Waals surface area contributed by atoms with E-state index in [1.165, 1.54) is 0 Å². The second kappa shape index (κ2) is 5.04.